The van der Waals surface area contributed by atoms with Crippen LogP contribution >= 0.6 is 11.6 Å². The number of carbonyl (C=O) groups is 1. The molecule has 0 bridgehead atoms. The maximum Gasteiger partial charge on any atom is 0.277 e. The Labute approximate surface area is 178 Å². The lowest BCUT2D eigenvalue weighted by Gasteiger charge is -2.15. The Bertz CT molecular complexity index is 1230. The van der Waals surface area contributed by atoms with E-state index in [2.05, 4.69) is 15.8 Å². The molecule has 0 aliphatic heterocycles. The van der Waals surface area contributed by atoms with E-state index in [0.717, 1.165) is 11.7 Å². The van der Waals surface area contributed by atoms with Crippen LogP contribution in [0, 0.1) is 5.82 Å². The van der Waals surface area contributed by atoms with Gasteiger partial charge >= 0.3 is 0 Å². The van der Waals surface area contributed by atoms with Crippen LogP contribution in [0.2, 0.25) is 5.02 Å². The fourth-order valence-electron chi connectivity index (χ4n) is 2.75. The van der Waals surface area contributed by atoms with Crippen LogP contribution in [0.4, 0.5) is 15.8 Å². The number of hydrogen-bond acceptors (Lipinski definition) is 6. The molecule has 2 aromatic carbocycles. The van der Waals surface area contributed by atoms with E-state index in [4.69, 9.17) is 16.4 Å². The molecule has 1 heterocycles. The molecular weight excluding hydrogens is 434 g/mol. The zero-order valence-corrected chi connectivity index (χ0v) is 18.1. The average Bonchev–Trinajstić information content (AvgIpc) is 3.03. The van der Waals surface area contributed by atoms with Crippen molar-refractivity contribution in [1.82, 2.24) is 15.0 Å². The van der Waals surface area contributed by atoms with E-state index < -0.39 is 21.6 Å². The van der Waals surface area contributed by atoms with Crippen LogP contribution in [-0.2, 0) is 21.7 Å². The number of nitrogens with one attached hydrogen (secondary N) is 2. The summed E-state index contributed by atoms with van der Waals surface area (Å²) < 4.78 is 39.2. The minimum Gasteiger partial charge on any atom is -0.351 e. The second kappa shape index (κ2) is 8.62. The lowest BCUT2D eigenvalue weighted by atomic mass is 9.96. The molecule has 0 saturated heterocycles. The molecule has 8 nitrogen and oxygen atoms in total. The molecule has 3 aromatic rings. The molecule has 0 fully saturated rings. The minimum atomic E-state index is -3.25. The number of carbonyl (C=O) groups excluding carboxylic acids is 1. The van der Waals surface area contributed by atoms with Gasteiger partial charge in [0.15, 0.2) is 5.82 Å². The van der Waals surface area contributed by atoms with Crippen LogP contribution < -0.4 is 16.3 Å². The number of rotatable bonds is 7. The van der Waals surface area contributed by atoms with Gasteiger partial charge in [-0.15, -0.1) is 0 Å². The number of anilines is 2. The Morgan fingerprint density at radius 2 is 2.10 bits per heavy atom. The van der Waals surface area contributed by atoms with Crippen molar-refractivity contribution in [3.05, 3.63) is 47.0 Å². The molecule has 0 spiro atoms. The van der Waals surface area contributed by atoms with Gasteiger partial charge in [-0.3, -0.25) is 9.63 Å². The third-order valence-corrected chi connectivity index (χ3v) is 5.53. The van der Waals surface area contributed by atoms with Gasteiger partial charge in [0.25, 0.3) is 5.91 Å². The van der Waals surface area contributed by atoms with Gasteiger partial charge < -0.3 is 9.88 Å². The molecule has 2 N–H and O–H groups in total. The van der Waals surface area contributed by atoms with Crippen molar-refractivity contribution in [3.8, 4) is 0 Å². The van der Waals surface area contributed by atoms with Crippen molar-refractivity contribution in [2.45, 2.75) is 0 Å². The molecule has 0 aliphatic rings. The van der Waals surface area contributed by atoms with Gasteiger partial charge in [0.2, 0.25) is 0 Å². The Balaban J connectivity index is 1.97. The number of amides is 1. The largest absolute Gasteiger partial charge is 0.351 e. The summed E-state index contributed by atoms with van der Waals surface area (Å²) in [7, 11) is 0.281. The molecule has 12 heteroatoms. The molecule has 30 heavy (non-hydrogen) atoms. The van der Waals surface area contributed by atoms with Crippen molar-refractivity contribution >= 4 is 63.1 Å². The summed E-state index contributed by atoms with van der Waals surface area (Å²) in [5.74, 6) is -1.76. The van der Waals surface area contributed by atoms with Crippen molar-refractivity contribution in [2.75, 3.05) is 23.9 Å². The third-order valence-electron chi connectivity index (χ3n) is 4.31. The van der Waals surface area contributed by atoms with Gasteiger partial charge in [-0.2, -0.15) is 0 Å². The van der Waals surface area contributed by atoms with Crippen LogP contribution in [0.5, 0.6) is 0 Å². The number of nitrogens with zero attached hydrogens (tertiary/aromatic N) is 2. The van der Waals surface area contributed by atoms with Gasteiger partial charge in [0.1, 0.15) is 23.2 Å². The van der Waals surface area contributed by atoms with Gasteiger partial charge in [0.05, 0.1) is 46.2 Å². The summed E-state index contributed by atoms with van der Waals surface area (Å²) in [5.41, 5.74) is 3.77. The summed E-state index contributed by atoms with van der Waals surface area (Å²) in [6.45, 7) is -0.242. The predicted molar refractivity (Wildman–Crippen MR) is 117 cm³/mol. The molecule has 0 aliphatic carbocycles. The fraction of sp³-hybridized carbons (Fsp3) is 0.222. The van der Waals surface area contributed by atoms with Crippen molar-refractivity contribution in [3.63, 3.8) is 0 Å². The van der Waals surface area contributed by atoms with Crippen LogP contribution in [0.15, 0.2) is 30.6 Å². The van der Waals surface area contributed by atoms with E-state index in [9.17, 15) is 13.2 Å². The van der Waals surface area contributed by atoms with Gasteiger partial charge in [0, 0.05) is 13.3 Å². The Morgan fingerprint density at radius 1 is 1.37 bits per heavy atom. The summed E-state index contributed by atoms with van der Waals surface area (Å²) in [6.07, 6.45) is 2.48. The first kappa shape index (κ1) is 22.1. The molecule has 3 rings (SSSR count). The fourth-order valence-corrected chi connectivity index (χ4v) is 3.42. The SMILES string of the molecule is Bc1ccc(Nc2c(C(=O)NOCCS(C)(=O)=O)cc3c(ncn3C)c2F)c(Cl)c1. The van der Waals surface area contributed by atoms with Crippen LogP contribution in [0.3, 0.4) is 0 Å². The maximum atomic E-state index is 15.3. The zero-order valence-electron chi connectivity index (χ0n) is 16.5. The number of benzene rings is 2. The van der Waals surface area contributed by atoms with E-state index in [1.807, 2.05) is 7.85 Å². The van der Waals surface area contributed by atoms with Gasteiger partial charge in [-0.05, 0) is 18.2 Å². The standard InChI is InChI=1S/C18H19BClFN4O4S/c1-25-9-22-17-14(25)8-11(18(26)24-29-5-6-30(2,27)28)16(15(17)21)23-13-4-3-10(19)7-12(13)20/h3-4,7-9,23H,5-6,19H2,1-2H3,(H,24,26). The average molecular weight is 453 g/mol. The lowest BCUT2D eigenvalue weighted by Crippen LogP contribution is -2.27. The molecular formula is C18H19BClFN4O4S. The summed E-state index contributed by atoms with van der Waals surface area (Å²) in [5, 5.41) is 3.22. The molecule has 0 radical (unpaired) electrons. The van der Waals surface area contributed by atoms with Gasteiger partial charge in [-0.1, -0.05) is 23.1 Å². The number of aryl methyl sites for hydroxylation is 1. The third kappa shape index (κ3) is 4.92. The van der Waals surface area contributed by atoms with E-state index in [0.29, 0.717) is 16.2 Å². The van der Waals surface area contributed by atoms with E-state index in [1.54, 1.807) is 29.8 Å². The highest BCUT2D eigenvalue weighted by molar-refractivity contribution is 7.90. The van der Waals surface area contributed by atoms with Crippen molar-refractivity contribution in [1.29, 1.82) is 0 Å². The molecule has 0 unspecified atom stereocenters. The smallest absolute Gasteiger partial charge is 0.277 e. The number of halogens is 2. The topological polar surface area (TPSA) is 102 Å². The van der Waals surface area contributed by atoms with Crippen molar-refractivity contribution in [2.24, 2.45) is 7.05 Å². The Hall–Kier alpha value is -2.63. The highest BCUT2D eigenvalue weighted by Crippen LogP contribution is 2.32. The normalized spacial score (nSPS) is 11.6. The predicted octanol–water partition coefficient (Wildman–Crippen LogP) is 1.07. The first-order valence-corrected chi connectivity index (χ1v) is 11.3. The highest BCUT2D eigenvalue weighted by atomic mass is 35.5. The zero-order chi connectivity index (χ0) is 22.1. The number of hydroxylamine groups is 1. The Morgan fingerprint density at radius 3 is 2.77 bits per heavy atom. The summed E-state index contributed by atoms with van der Waals surface area (Å²) in [6, 6.07) is 6.63. The van der Waals surface area contributed by atoms with Gasteiger partial charge in [-0.25, -0.2) is 23.3 Å². The lowest BCUT2D eigenvalue weighted by molar-refractivity contribution is 0.0371. The molecule has 158 valence electrons. The molecule has 1 aromatic heterocycles. The second-order valence-electron chi connectivity index (χ2n) is 6.85. The number of sulfone groups is 1. The summed E-state index contributed by atoms with van der Waals surface area (Å²) in [4.78, 5) is 21.7. The number of imidazole rings is 1. The first-order chi connectivity index (χ1) is 14.1. The molecule has 0 atom stereocenters. The molecule has 0 saturated carbocycles. The summed E-state index contributed by atoms with van der Waals surface area (Å²) >= 11 is 6.24. The molecule has 1 amide bonds. The van der Waals surface area contributed by atoms with E-state index in [-0.39, 0.29) is 29.1 Å². The van der Waals surface area contributed by atoms with E-state index in [1.165, 1.54) is 12.4 Å². The minimum absolute atomic E-state index is 0.0559. The second-order valence-corrected chi connectivity index (χ2v) is 9.52. The van der Waals surface area contributed by atoms with E-state index >= 15 is 4.39 Å². The Kier molecular flexibility index (Phi) is 6.34. The highest BCUT2D eigenvalue weighted by Gasteiger charge is 2.22. The van der Waals surface area contributed by atoms with Crippen LogP contribution in [0.25, 0.3) is 11.0 Å². The number of hydrogen-bond donors (Lipinski definition) is 2. The van der Waals surface area contributed by atoms with Crippen molar-refractivity contribution < 1.29 is 22.4 Å². The maximum absolute atomic E-state index is 15.3. The van der Waals surface area contributed by atoms with Crippen LogP contribution in [0.1, 0.15) is 10.4 Å². The monoisotopic (exact) mass is 452 g/mol. The quantitative estimate of drug-likeness (QED) is 0.316. The first-order valence-electron chi connectivity index (χ1n) is 8.83. The van der Waals surface area contributed by atoms with Crippen LogP contribution in [-0.4, -0.2) is 50.3 Å². The number of aromatic nitrogens is 2. The number of fused-ring (bicyclic) bond motifs is 1.